The van der Waals surface area contributed by atoms with Crippen LogP contribution in [0.25, 0.3) is 0 Å². The van der Waals surface area contributed by atoms with E-state index in [-0.39, 0.29) is 0 Å². The lowest BCUT2D eigenvalue weighted by Gasteiger charge is -2.16. The monoisotopic (exact) mass is 189 g/mol. The van der Waals surface area contributed by atoms with Crippen molar-refractivity contribution >= 4 is 23.2 Å². The Kier molecular flexibility index (Phi) is 4.12. The Labute approximate surface area is 79.2 Å². The van der Waals surface area contributed by atoms with Gasteiger partial charge in [0.1, 0.15) is 0 Å². The zero-order valence-corrected chi connectivity index (χ0v) is 9.12. The van der Waals surface area contributed by atoms with Crippen LogP contribution in [0.5, 0.6) is 0 Å². The molecule has 70 valence electrons. The van der Waals surface area contributed by atoms with Crippen molar-refractivity contribution < 1.29 is 4.59 Å². The number of rotatable bonds is 1. The summed E-state index contributed by atoms with van der Waals surface area (Å²) in [7, 11) is 7.71. The van der Waals surface area contributed by atoms with E-state index in [1.165, 1.54) is 0 Å². The fourth-order valence-electron chi connectivity index (χ4n) is 0.702. The maximum Gasteiger partial charge on any atom is 0.171 e. The lowest BCUT2D eigenvalue weighted by atomic mass is 10.6. The molecule has 0 aliphatic rings. The molecule has 0 aromatic carbocycles. The molecule has 0 fully saturated rings. The van der Waals surface area contributed by atoms with Gasteiger partial charge in [0.25, 0.3) is 0 Å². The molecule has 0 aliphatic heterocycles. The van der Waals surface area contributed by atoms with E-state index in [1.807, 2.05) is 28.1 Å². The predicted molar refractivity (Wildman–Crippen MR) is 55.9 cm³/mol. The van der Waals surface area contributed by atoms with Crippen molar-refractivity contribution in [2.24, 2.45) is 5.10 Å². The van der Waals surface area contributed by atoms with E-state index < -0.39 is 0 Å². The van der Waals surface area contributed by atoms with Crippen molar-refractivity contribution in [2.45, 2.75) is 6.92 Å². The molecule has 0 unspecified atom stereocenters. The van der Waals surface area contributed by atoms with Crippen LogP contribution in [0.15, 0.2) is 5.10 Å². The van der Waals surface area contributed by atoms with Crippen LogP contribution in [-0.4, -0.2) is 43.7 Å². The summed E-state index contributed by atoms with van der Waals surface area (Å²) in [5.41, 5.74) is 0. The number of amidine groups is 1. The Morgan fingerprint density at radius 2 is 1.83 bits per heavy atom. The van der Waals surface area contributed by atoms with Crippen molar-refractivity contribution in [3.8, 4) is 0 Å². The van der Waals surface area contributed by atoms with Gasteiger partial charge in [-0.3, -0.25) is 0 Å². The van der Waals surface area contributed by atoms with E-state index in [4.69, 9.17) is 12.2 Å². The van der Waals surface area contributed by atoms with Crippen molar-refractivity contribution in [3.05, 3.63) is 0 Å². The average molecular weight is 189 g/mol. The van der Waals surface area contributed by atoms with Crippen LogP contribution in [0.1, 0.15) is 6.92 Å². The Bertz CT molecular complexity index is 192. The van der Waals surface area contributed by atoms with Gasteiger partial charge in [-0.25, -0.2) is 4.59 Å². The summed E-state index contributed by atoms with van der Waals surface area (Å²) in [5.74, 6) is 0.807. The van der Waals surface area contributed by atoms with Crippen LogP contribution >= 0.6 is 12.2 Å². The van der Waals surface area contributed by atoms with Gasteiger partial charge in [-0.1, -0.05) is 5.10 Å². The third-order valence-corrected chi connectivity index (χ3v) is 1.28. The van der Waals surface area contributed by atoms with Crippen LogP contribution in [-0.2, 0) is 0 Å². The van der Waals surface area contributed by atoms with Crippen molar-refractivity contribution in [1.82, 2.24) is 10.6 Å². The van der Waals surface area contributed by atoms with Gasteiger partial charge in [-0.05, 0) is 19.1 Å². The van der Waals surface area contributed by atoms with Gasteiger partial charge in [0.15, 0.2) is 10.9 Å². The molecular formula is C7H17N4S+. The fourth-order valence-corrected chi connectivity index (χ4v) is 0.850. The largest absolute Gasteiger partial charge is 0.365 e. The highest BCUT2D eigenvalue weighted by molar-refractivity contribution is 7.80. The summed E-state index contributed by atoms with van der Waals surface area (Å²) < 4.78 is 0.533. The number of hydrogen-bond donors (Lipinski definition) is 2. The van der Waals surface area contributed by atoms with Gasteiger partial charge in [0, 0.05) is 7.05 Å². The SMILES string of the molecule is CNC(=S)N/C(C)=N\[N+](C)(C)C. The van der Waals surface area contributed by atoms with E-state index in [0.29, 0.717) is 9.70 Å². The predicted octanol–water partition coefficient (Wildman–Crippen LogP) is 0.120. The van der Waals surface area contributed by atoms with E-state index in [9.17, 15) is 0 Å². The molecular weight excluding hydrogens is 172 g/mol. The minimum Gasteiger partial charge on any atom is -0.365 e. The quantitative estimate of drug-likeness (QED) is 0.202. The molecule has 0 rings (SSSR count). The molecule has 0 amide bonds. The second-order valence-electron chi connectivity index (χ2n) is 3.33. The second-order valence-corrected chi connectivity index (χ2v) is 3.74. The molecule has 0 atom stereocenters. The lowest BCUT2D eigenvalue weighted by Crippen LogP contribution is -2.39. The van der Waals surface area contributed by atoms with E-state index >= 15 is 0 Å². The molecule has 0 saturated carbocycles. The molecule has 0 heterocycles. The maximum atomic E-state index is 4.91. The Morgan fingerprint density at radius 3 is 2.17 bits per heavy atom. The molecule has 0 aliphatic carbocycles. The third kappa shape index (κ3) is 6.06. The topological polar surface area (TPSA) is 36.4 Å². The minimum absolute atomic E-state index is 0.533. The summed E-state index contributed by atoms with van der Waals surface area (Å²) in [6, 6.07) is 0. The number of quaternary nitrogens is 1. The summed E-state index contributed by atoms with van der Waals surface area (Å²) >= 11 is 4.91. The van der Waals surface area contributed by atoms with Crippen LogP contribution in [0.4, 0.5) is 0 Å². The van der Waals surface area contributed by atoms with Crippen LogP contribution < -0.4 is 10.6 Å². The second kappa shape index (κ2) is 4.37. The number of hydrogen-bond acceptors (Lipinski definition) is 2. The zero-order valence-electron chi connectivity index (χ0n) is 8.30. The molecule has 2 N–H and O–H groups in total. The summed E-state index contributed by atoms with van der Waals surface area (Å²) in [6.45, 7) is 1.88. The van der Waals surface area contributed by atoms with E-state index in [0.717, 1.165) is 5.84 Å². The Morgan fingerprint density at radius 1 is 1.33 bits per heavy atom. The van der Waals surface area contributed by atoms with E-state index in [1.54, 1.807) is 7.05 Å². The molecule has 12 heavy (non-hydrogen) atoms. The smallest absolute Gasteiger partial charge is 0.171 e. The zero-order chi connectivity index (χ0) is 9.78. The summed E-state index contributed by atoms with van der Waals surface area (Å²) in [4.78, 5) is 0. The normalized spacial score (nSPS) is 12.6. The first-order valence-corrected chi connectivity index (χ1v) is 4.13. The minimum atomic E-state index is 0.533. The average Bonchev–Trinajstić information content (AvgIpc) is 1.82. The maximum absolute atomic E-state index is 4.91. The van der Waals surface area contributed by atoms with Gasteiger partial charge in [-0.2, -0.15) is 0 Å². The molecule has 0 spiro atoms. The highest BCUT2D eigenvalue weighted by Gasteiger charge is 2.05. The van der Waals surface area contributed by atoms with Crippen LogP contribution in [0.3, 0.4) is 0 Å². The molecule has 0 aromatic heterocycles. The van der Waals surface area contributed by atoms with Crippen molar-refractivity contribution in [2.75, 3.05) is 28.2 Å². The first-order valence-electron chi connectivity index (χ1n) is 3.72. The highest BCUT2D eigenvalue weighted by Crippen LogP contribution is 1.90. The highest BCUT2D eigenvalue weighted by atomic mass is 32.1. The van der Waals surface area contributed by atoms with Gasteiger partial charge in [0.2, 0.25) is 0 Å². The lowest BCUT2D eigenvalue weighted by molar-refractivity contribution is -0.877. The molecule has 5 heteroatoms. The van der Waals surface area contributed by atoms with Gasteiger partial charge < -0.3 is 10.6 Å². The van der Waals surface area contributed by atoms with Gasteiger partial charge in [-0.15, -0.1) is 0 Å². The molecule has 0 bridgehead atoms. The molecule has 0 aromatic rings. The number of nitrogens with one attached hydrogen (secondary N) is 2. The Balaban J connectivity index is 4.12. The molecule has 4 nitrogen and oxygen atoms in total. The summed E-state index contributed by atoms with van der Waals surface area (Å²) in [5, 5.41) is 10.7. The standard InChI is InChI=1S/C7H16N4S/c1-6(9-7(12)8-2)10-11(3,4)5/h1-5H3,(H-,8,9,10,12)/p+1. The summed E-state index contributed by atoms with van der Waals surface area (Å²) in [6.07, 6.45) is 0. The first kappa shape index (κ1) is 11.3. The number of thiocarbonyl (C=S) groups is 1. The number of nitrogens with zero attached hydrogens (tertiary/aromatic N) is 2. The third-order valence-electron chi connectivity index (χ3n) is 0.971. The van der Waals surface area contributed by atoms with Gasteiger partial charge in [0.05, 0.1) is 21.1 Å². The van der Waals surface area contributed by atoms with E-state index in [2.05, 4.69) is 15.7 Å². The van der Waals surface area contributed by atoms with Crippen LogP contribution in [0, 0.1) is 0 Å². The van der Waals surface area contributed by atoms with Gasteiger partial charge >= 0.3 is 0 Å². The van der Waals surface area contributed by atoms with Crippen molar-refractivity contribution in [1.29, 1.82) is 0 Å². The first-order chi connectivity index (χ1) is 5.35. The Hall–Kier alpha value is -0.680. The fraction of sp³-hybridized carbons (Fsp3) is 0.714. The molecule has 0 radical (unpaired) electrons. The molecule has 0 saturated heterocycles. The van der Waals surface area contributed by atoms with Crippen LogP contribution in [0.2, 0.25) is 0 Å². The van der Waals surface area contributed by atoms with Crippen molar-refractivity contribution in [3.63, 3.8) is 0 Å².